The molecule has 0 bridgehead atoms. The first-order valence-electron chi connectivity index (χ1n) is 7.01. The van der Waals surface area contributed by atoms with Crippen molar-refractivity contribution < 1.29 is 9.59 Å². The summed E-state index contributed by atoms with van der Waals surface area (Å²) in [5, 5.41) is 2.55. The quantitative estimate of drug-likeness (QED) is 0.816. The maximum absolute atomic E-state index is 12.5. The number of hydrogen-bond donors (Lipinski definition) is 1. The Balaban J connectivity index is 2.26. The van der Waals surface area contributed by atoms with E-state index in [-0.39, 0.29) is 11.8 Å². The van der Waals surface area contributed by atoms with Gasteiger partial charge in [-0.25, -0.2) is 0 Å². The van der Waals surface area contributed by atoms with Crippen LogP contribution in [0.5, 0.6) is 0 Å². The van der Waals surface area contributed by atoms with Gasteiger partial charge in [0, 0.05) is 0 Å². The average Bonchev–Trinajstić information content (AvgIpc) is 2.55. The predicted molar refractivity (Wildman–Crippen MR) is 80.9 cm³/mol. The Morgan fingerprint density at radius 2 is 1.52 bits per heavy atom. The molecular weight excluding hydrogens is 262 g/mol. The number of carbonyl (C=O) groups excluding carboxylic acids is 2. The summed E-state index contributed by atoms with van der Waals surface area (Å²) in [7, 11) is 0. The molecule has 1 atom stereocenters. The zero-order valence-electron chi connectivity index (χ0n) is 12.1. The van der Waals surface area contributed by atoms with Gasteiger partial charge in [0.25, 0.3) is 0 Å². The van der Waals surface area contributed by atoms with Gasteiger partial charge in [-0.3, -0.25) is 14.9 Å². The molecule has 1 heterocycles. The van der Waals surface area contributed by atoms with E-state index in [1.165, 1.54) is 0 Å². The number of fused-ring (bicyclic) bond motifs is 1. The van der Waals surface area contributed by atoms with Gasteiger partial charge in [0.05, 0.1) is 11.3 Å². The van der Waals surface area contributed by atoms with Crippen molar-refractivity contribution in [3.8, 4) is 0 Å². The normalized spacial score (nSPS) is 20.4. The van der Waals surface area contributed by atoms with Gasteiger partial charge in [-0.1, -0.05) is 54.6 Å². The molecule has 106 valence electrons. The predicted octanol–water partition coefficient (Wildman–Crippen LogP) is 2.75. The van der Waals surface area contributed by atoms with Gasteiger partial charge in [0.1, 0.15) is 0 Å². The van der Waals surface area contributed by atoms with Crippen molar-refractivity contribution in [3.05, 3.63) is 71.3 Å². The lowest BCUT2D eigenvalue weighted by Crippen LogP contribution is -2.41. The zero-order valence-corrected chi connectivity index (χ0v) is 12.1. The SMILES string of the molecule is CC1(C)C(=O)NC(=O)C(c2ccccc2)c2ccccc21. The van der Waals surface area contributed by atoms with Gasteiger partial charge < -0.3 is 0 Å². The van der Waals surface area contributed by atoms with E-state index in [2.05, 4.69) is 5.32 Å². The van der Waals surface area contributed by atoms with Crippen LogP contribution in [-0.2, 0) is 15.0 Å². The summed E-state index contributed by atoms with van der Waals surface area (Å²) in [5.41, 5.74) is 1.97. The Bertz CT molecular complexity index is 704. The topological polar surface area (TPSA) is 46.2 Å². The minimum atomic E-state index is -0.726. The highest BCUT2D eigenvalue weighted by Crippen LogP contribution is 2.37. The molecule has 1 aliphatic rings. The molecule has 2 aromatic rings. The number of nitrogens with one attached hydrogen (secondary N) is 1. The summed E-state index contributed by atoms with van der Waals surface area (Å²) in [6.07, 6.45) is 0. The van der Waals surface area contributed by atoms with Crippen LogP contribution in [0.2, 0.25) is 0 Å². The minimum absolute atomic E-state index is 0.251. The molecule has 2 amide bonds. The summed E-state index contributed by atoms with van der Waals surface area (Å²) in [5.74, 6) is -0.962. The van der Waals surface area contributed by atoms with Crippen LogP contribution in [0.3, 0.4) is 0 Å². The second-order valence-electron chi connectivity index (χ2n) is 5.87. The van der Waals surface area contributed by atoms with E-state index >= 15 is 0 Å². The van der Waals surface area contributed by atoms with E-state index in [1.807, 2.05) is 68.4 Å². The number of hydrogen-bond acceptors (Lipinski definition) is 2. The Morgan fingerprint density at radius 1 is 0.905 bits per heavy atom. The van der Waals surface area contributed by atoms with Gasteiger partial charge in [0.2, 0.25) is 11.8 Å². The highest BCUT2D eigenvalue weighted by Gasteiger charge is 2.40. The maximum Gasteiger partial charge on any atom is 0.238 e. The summed E-state index contributed by atoms with van der Waals surface area (Å²) in [4.78, 5) is 24.9. The van der Waals surface area contributed by atoms with Crippen LogP contribution in [0.15, 0.2) is 54.6 Å². The molecule has 1 N–H and O–H groups in total. The van der Waals surface area contributed by atoms with Crippen molar-refractivity contribution in [1.29, 1.82) is 0 Å². The second-order valence-corrected chi connectivity index (χ2v) is 5.87. The van der Waals surface area contributed by atoms with E-state index in [0.717, 1.165) is 16.7 Å². The highest BCUT2D eigenvalue weighted by atomic mass is 16.2. The van der Waals surface area contributed by atoms with E-state index in [1.54, 1.807) is 0 Å². The van der Waals surface area contributed by atoms with Crippen LogP contribution in [0.1, 0.15) is 36.5 Å². The first-order chi connectivity index (χ1) is 10.0. The van der Waals surface area contributed by atoms with Crippen LogP contribution in [-0.4, -0.2) is 11.8 Å². The van der Waals surface area contributed by atoms with Crippen LogP contribution in [0, 0.1) is 0 Å². The Labute approximate surface area is 124 Å². The molecular formula is C18H17NO2. The number of rotatable bonds is 1. The fourth-order valence-corrected chi connectivity index (χ4v) is 2.90. The van der Waals surface area contributed by atoms with Crippen molar-refractivity contribution >= 4 is 11.8 Å². The number of benzene rings is 2. The van der Waals surface area contributed by atoms with E-state index in [0.29, 0.717) is 0 Å². The largest absolute Gasteiger partial charge is 0.295 e. The molecule has 0 saturated heterocycles. The molecule has 3 heteroatoms. The fourth-order valence-electron chi connectivity index (χ4n) is 2.90. The van der Waals surface area contributed by atoms with Crippen molar-refractivity contribution in [3.63, 3.8) is 0 Å². The summed E-state index contributed by atoms with van der Waals surface area (Å²) in [6, 6.07) is 17.3. The van der Waals surface area contributed by atoms with E-state index in [9.17, 15) is 9.59 Å². The molecule has 0 spiro atoms. The van der Waals surface area contributed by atoms with Crippen LogP contribution in [0.4, 0.5) is 0 Å². The summed E-state index contributed by atoms with van der Waals surface area (Å²) >= 11 is 0. The molecule has 0 fully saturated rings. The van der Waals surface area contributed by atoms with Gasteiger partial charge in [0.15, 0.2) is 0 Å². The molecule has 21 heavy (non-hydrogen) atoms. The van der Waals surface area contributed by atoms with Crippen molar-refractivity contribution in [2.75, 3.05) is 0 Å². The van der Waals surface area contributed by atoms with Crippen molar-refractivity contribution in [1.82, 2.24) is 5.32 Å². The monoisotopic (exact) mass is 279 g/mol. The number of amides is 2. The molecule has 3 rings (SSSR count). The molecule has 0 aliphatic carbocycles. The highest BCUT2D eigenvalue weighted by molar-refractivity contribution is 6.06. The van der Waals surface area contributed by atoms with E-state index in [4.69, 9.17) is 0 Å². The smallest absolute Gasteiger partial charge is 0.238 e. The second kappa shape index (κ2) is 4.85. The average molecular weight is 279 g/mol. The third-order valence-corrected chi connectivity index (χ3v) is 4.14. The first kappa shape index (κ1) is 13.6. The molecule has 1 unspecified atom stereocenters. The van der Waals surface area contributed by atoms with Crippen LogP contribution >= 0.6 is 0 Å². The summed E-state index contributed by atoms with van der Waals surface area (Å²) < 4.78 is 0. The molecule has 1 aliphatic heterocycles. The van der Waals surface area contributed by atoms with Gasteiger partial charge in [-0.05, 0) is 30.5 Å². The first-order valence-corrected chi connectivity index (χ1v) is 7.01. The lowest BCUT2D eigenvalue weighted by atomic mass is 9.78. The van der Waals surface area contributed by atoms with Gasteiger partial charge >= 0.3 is 0 Å². The van der Waals surface area contributed by atoms with Gasteiger partial charge in [-0.15, -0.1) is 0 Å². The molecule has 0 radical (unpaired) electrons. The van der Waals surface area contributed by atoms with Crippen molar-refractivity contribution in [2.24, 2.45) is 0 Å². The minimum Gasteiger partial charge on any atom is -0.295 e. The van der Waals surface area contributed by atoms with Crippen molar-refractivity contribution in [2.45, 2.75) is 25.2 Å². The number of carbonyl (C=O) groups is 2. The summed E-state index contributed by atoms with van der Waals surface area (Å²) in [6.45, 7) is 3.70. The zero-order chi connectivity index (χ0) is 15.0. The molecule has 0 saturated carbocycles. The third kappa shape index (κ3) is 2.15. The Hall–Kier alpha value is -2.42. The molecule has 0 aromatic heterocycles. The lowest BCUT2D eigenvalue weighted by Gasteiger charge is -2.23. The standard InChI is InChI=1S/C18H17NO2/c1-18(2)14-11-7-6-10-13(14)15(16(20)19-17(18)21)12-8-4-3-5-9-12/h3-11,15H,1-2H3,(H,19,20,21). The van der Waals surface area contributed by atoms with Crippen LogP contribution in [0.25, 0.3) is 0 Å². The van der Waals surface area contributed by atoms with Crippen LogP contribution < -0.4 is 5.32 Å². The number of imide groups is 1. The van der Waals surface area contributed by atoms with E-state index < -0.39 is 11.3 Å². The lowest BCUT2D eigenvalue weighted by molar-refractivity contribution is -0.132. The third-order valence-electron chi connectivity index (χ3n) is 4.14. The Morgan fingerprint density at radius 3 is 2.24 bits per heavy atom. The maximum atomic E-state index is 12.5. The molecule has 3 nitrogen and oxygen atoms in total. The fraction of sp³-hybridized carbons (Fsp3) is 0.222. The Kier molecular flexibility index (Phi) is 3.13. The molecule has 2 aromatic carbocycles. The van der Waals surface area contributed by atoms with Gasteiger partial charge in [-0.2, -0.15) is 0 Å².